The van der Waals surface area contributed by atoms with E-state index in [2.05, 4.69) is 49.0 Å². The van der Waals surface area contributed by atoms with Gasteiger partial charge in [0.05, 0.1) is 7.11 Å². The Labute approximate surface area is 177 Å². The summed E-state index contributed by atoms with van der Waals surface area (Å²) < 4.78 is 5.45. The first kappa shape index (κ1) is 25.0. The van der Waals surface area contributed by atoms with Gasteiger partial charge in [-0.2, -0.15) is 0 Å². The molecule has 0 heterocycles. The molecule has 0 amide bonds. The molecule has 0 spiro atoms. The van der Waals surface area contributed by atoms with Gasteiger partial charge < -0.3 is 19.9 Å². The second-order valence-corrected chi connectivity index (χ2v) is 6.14. The van der Waals surface area contributed by atoms with E-state index in [9.17, 15) is 0 Å². The van der Waals surface area contributed by atoms with Crippen LogP contribution >= 0.6 is 24.0 Å². The molecule has 0 saturated heterocycles. The van der Waals surface area contributed by atoms with Gasteiger partial charge in [0.25, 0.3) is 0 Å². The van der Waals surface area contributed by atoms with Crippen LogP contribution in [0.2, 0.25) is 0 Å². The number of ether oxygens (including phenoxy) is 1. The van der Waals surface area contributed by atoms with Crippen molar-refractivity contribution in [1.82, 2.24) is 15.1 Å². The molecular formula is C20H37IN4O. The predicted molar refractivity (Wildman–Crippen MR) is 123 cm³/mol. The summed E-state index contributed by atoms with van der Waals surface area (Å²) in [4.78, 5) is 9.41. The molecule has 6 heteroatoms. The quantitative estimate of drug-likeness (QED) is 0.228. The third-order valence-corrected chi connectivity index (χ3v) is 4.33. The van der Waals surface area contributed by atoms with Crippen molar-refractivity contribution < 1.29 is 4.74 Å². The summed E-state index contributed by atoms with van der Waals surface area (Å²) in [6.45, 7) is 12.5. The molecule has 0 aliphatic rings. The van der Waals surface area contributed by atoms with Crippen molar-refractivity contribution in [2.24, 2.45) is 4.99 Å². The first-order chi connectivity index (χ1) is 12.2. The minimum atomic E-state index is 0. The van der Waals surface area contributed by atoms with Crippen molar-refractivity contribution >= 4 is 29.9 Å². The van der Waals surface area contributed by atoms with Crippen LogP contribution in [0.5, 0.6) is 5.75 Å². The zero-order valence-electron chi connectivity index (χ0n) is 17.1. The standard InChI is InChI=1S/C20H36N4O.HI/c1-6-21-20(22-15-11-12-16-24(7-2)8-3)23(4)17-18-13-9-10-14-19(18)25-5;/h9-10,13-14H,6-8,11-12,15-17H2,1-5H3,(H,21,22);1H. The van der Waals surface area contributed by atoms with Gasteiger partial charge in [-0.15, -0.1) is 24.0 Å². The Morgan fingerprint density at radius 2 is 1.81 bits per heavy atom. The molecule has 0 saturated carbocycles. The molecule has 1 aromatic rings. The lowest BCUT2D eigenvalue weighted by Crippen LogP contribution is -2.38. The zero-order valence-corrected chi connectivity index (χ0v) is 19.5. The molecular weight excluding hydrogens is 439 g/mol. The fourth-order valence-corrected chi connectivity index (χ4v) is 2.81. The second kappa shape index (κ2) is 15.1. The number of benzene rings is 1. The molecule has 1 aromatic carbocycles. The SMILES string of the molecule is CCNC(=NCCCCN(CC)CC)N(C)Cc1ccccc1OC.I. The third-order valence-electron chi connectivity index (χ3n) is 4.33. The van der Waals surface area contributed by atoms with E-state index >= 15 is 0 Å². The molecule has 0 atom stereocenters. The Morgan fingerprint density at radius 3 is 2.42 bits per heavy atom. The number of hydrogen-bond acceptors (Lipinski definition) is 3. The van der Waals surface area contributed by atoms with Crippen molar-refractivity contribution in [3.63, 3.8) is 0 Å². The van der Waals surface area contributed by atoms with Gasteiger partial charge in [0.1, 0.15) is 5.75 Å². The number of halogens is 1. The first-order valence-electron chi connectivity index (χ1n) is 9.49. The van der Waals surface area contributed by atoms with Crippen molar-refractivity contribution in [2.45, 2.75) is 40.2 Å². The number of methoxy groups -OCH3 is 1. The van der Waals surface area contributed by atoms with E-state index in [4.69, 9.17) is 9.73 Å². The molecule has 0 aromatic heterocycles. The Morgan fingerprint density at radius 1 is 1.12 bits per heavy atom. The van der Waals surface area contributed by atoms with E-state index in [0.29, 0.717) is 0 Å². The number of nitrogens with one attached hydrogen (secondary N) is 1. The lowest BCUT2D eigenvalue weighted by molar-refractivity contribution is 0.297. The molecule has 0 aliphatic heterocycles. The number of para-hydroxylation sites is 1. The van der Waals surface area contributed by atoms with Crippen LogP contribution in [0.1, 0.15) is 39.2 Å². The topological polar surface area (TPSA) is 40.1 Å². The Bertz CT molecular complexity index is 506. The summed E-state index contributed by atoms with van der Waals surface area (Å²) in [5, 5.41) is 3.39. The van der Waals surface area contributed by atoms with Crippen molar-refractivity contribution in [3.8, 4) is 5.75 Å². The summed E-state index contributed by atoms with van der Waals surface area (Å²) in [5.41, 5.74) is 1.17. The van der Waals surface area contributed by atoms with Gasteiger partial charge in [-0.3, -0.25) is 4.99 Å². The summed E-state index contributed by atoms with van der Waals surface area (Å²) in [7, 11) is 3.79. The number of hydrogen-bond donors (Lipinski definition) is 1. The molecule has 1 rings (SSSR count). The summed E-state index contributed by atoms with van der Waals surface area (Å²) in [6.07, 6.45) is 2.31. The highest BCUT2D eigenvalue weighted by Gasteiger charge is 2.09. The van der Waals surface area contributed by atoms with Gasteiger partial charge in [0, 0.05) is 32.2 Å². The van der Waals surface area contributed by atoms with E-state index in [1.807, 2.05) is 18.2 Å². The second-order valence-electron chi connectivity index (χ2n) is 6.14. The molecule has 5 nitrogen and oxygen atoms in total. The predicted octanol–water partition coefficient (Wildman–Crippen LogP) is 3.83. The summed E-state index contributed by atoms with van der Waals surface area (Å²) in [5.74, 6) is 1.88. The lowest BCUT2D eigenvalue weighted by atomic mass is 10.2. The Hall–Kier alpha value is -1.02. The summed E-state index contributed by atoms with van der Waals surface area (Å²) in [6, 6.07) is 8.14. The van der Waals surface area contributed by atoms with Crippen molar-refractivity contribution in [1.29, 1.82) is 0 Å². The average Bonchev–Trinajstić information content (AvgIpc) is 2.64. The Balaban J connectivity index is 0.00000625. The number of aliphatic imine (C=N–C) groups is 1. The fraction of sp³-hybridized carbons (Fsp3) is 0.650. The normalized spacial score (nSPS) is 11.2. The van der Waals surface area contributed by atoms with E-state index in [1.54, 1.807) is 7.11 Å². The van der Waals surface area contributed by atoms with E-state index in [0.717, 1.165) is 57.4 Å². The van der Waals surface area contributed by atoms with Crippen LogP contribution in [0.3, 0.4) is 0 Å². The largest absolute Gasteiger partial charge is 0.496 e. The number of unbranched alkanes of at least 4 members (excludes halogenated alkanes) is 1. The molecule has 0 aliphatic carbocycles. The van der Waals surface area contributed by atoms with Crippen LogP contribution in [0, 0.1) is 0 Å². The minimum absolute atomic E-state index is 0. The number of nitrogens with zero attached hydrogens (tertiary/aromatic N) is 3. The van der Waals surface area contributed by atoms with Gasteiger partial charge in [-0.1, -0.05) is 32.0 Å². The van der Waals surface area contributed by atoms with Gasteiger partial charge in [-0.05, 0) is 45.5 Å². The highest BCUT2D eigenvalue weighted by molar-refractivity contribution is 14.0. The molecule has 0 radical (unpaired) electrons. The average molecular weight is 476 g/mol. The van der Waals surface area contributed by atoms with Crippen LogP contribution in [0.25, 0.3) is 0 Å². The van der Waals surface area contributed by atoms with Crippen molar-refractivity contribution in [3.05, 3.63) is 29.8 Å². The highest BCUT2D eigenvalue weighted by atomic mass is 127. The zero-order chi connectivity index (χ0) is 18.5. The van der Waals surface area contributed by atoms with Crippen LogP contribution in [-0.2, 0) is 6.54 Å². The van der Waals surface area contributed by atoms with Crippen molar-refractivity contribution in [2.75, 3.05) is 46.9 Å². The van der Waals surface area contributed by atoms with Crippen LogP contribution in [-0.4, -0.2) is 62.6 Å². The summed E-state index contributed by atoms with van der Waals surface area (Å²) >= 11 is 0. The maximum absolute atomic E-state index is 5.45. The van der Waals surface area contributed by atoms with Gasteiger partial charge >= 0.3 is 0 Å². The maximum atomic E-state index is 5.45. The van der Waals surface area contributed by atoms with E-state index < -0.39 is 0 Å². The maximum Gasteiger partial charge on any atom is 0.193 e. The van der Waals surface area contributed by atoms with E-state index in [-0.39, 0.29) is 24.0 Å². The Kier molecular flexibility index (Phi) is 14.5. The monoisotopic (exact) mass is 476 g/mol. The van der Waals surface area contributed by atoms with E-state index in [1.165, 1.54) is 12.0 Å². The number of rotatable bonds is 11. The highest BCUT2D eigenvalue weighted by Crippen LogP contribution is 2.18. The smallest absolute Gasteiger partial charge is 0.193 e. The lowest BCUT2D eigenvalue weighted by Gasteiger charge is -2.23. The molecule has 0 unspecified atom stereocenters. The van der Waals surface area contributed by atoms with Gasteiger partial charge in [0.15, 0.2) is 5.96 Å². The van der Waals surface area contributed by atoms with Gasteiger partial charge in [-0.25, -0.2) is 0 Å². The molecule has 0 fully saturated rings. The van der Waals surface area contributed by atoms with Gasteiger partial charge in [0.2, 0.25) is 0 Å². The molecule has 1 N–H and O–H groups in total. The minimum Gasteiger partial charge on any atom is -0.496 e. The molecule has 0 bridgehead atoms. The van der Waals surface area contributed by atoms with Crippen LogP contribution in [0.15, 0.2) is 29.3 Å². The first-order valence-corrected chi connectivity index (χ1v) is 9.49. The number of guanidine groups is 1. The third kappa shape index (κ3) is 9.07. The van der Waals surface area contributed by atoms with Crippen LogP contribution in [0.4, 0.5) is 0 Å². The van der Waals surface area contributed by atoms with Crippen LogP contribution < -0.4 is 10.1 Å². The molecule has 26 heavy (non-hydrogen) atoms. The fourth-order valence-electron chi connectivity index (χ4n) is 2.81. The molecule has 150 valence electrons.